The van der Waals surface area contributed by atoms with Crippen LogP contribution < -0.4 is 11.0 Å². The summed E-state index contributed by atoms with van der Waals surface area (Å²) in [5.74, 6) is 0.458. The third-order valence-electron chi connectivity index (χ3n) is 7.24. The smallest absolute Gasteiger partial charge is 0.389 e. The zero-order valence-corrected chi connectivity index (χ0v) is 23.0. The minimum atomic E-state index is -4.74. The fourth-order valence-corrected chi connectivity index (χ4v) is 5.55. The number of pyridine rings is 2. The van der Waals surface area contributed by atoms with Gasteiger partial charge in [-0.2, -0.15) is 14.9 Å². The van der Waals surface area contributed by atoms with Crippen molar-refractivity contribution in [3.63, 3.8) is 0 Å². The van der Waals surface area contributed by atoms with E-state index < -0.39 is 23.7 Å². The van der Waals surface area contributed by atoms with E-state index in [9.17, 15) is 38.4 Å². The number of fused-ring (bicyclic) bond motifs is 2. The number of hydrogen-bond donors (Lipinski definition) is 5. The summed E-state index contributed by atoms with van der Waals surface area (Å²) in [5, 5.41) is 51.0. The SMILES string of the molecule is CC(C)(O)Cn1nc2ccc(Nc3cc4c(cn3)n(C(O)(O)O)c(=O)n4C3CCCC3)nc2c1-c1cnn(C(F)(F)F)c1. The minimum Gasteiger partial charge on any atom is -0.389 e. The lowest BCUT2D eigenvalue weighted by Crippen LogP contribution is -2.41. The Balaban J connectivity index is 1.44. The van der Waals surface area contributed by atoms with Crippen LogP contribution in [0.25, 0.3) is 33.3 Å². The Labute approximate surface area is 240 Å². The second-order valence-electron chi connectivity index (χ2n) is 11.2. The molecule has 1 saturated carbocycles. The maximum absolute atomic E-state index is 13.3. The lowest BCUT2D eigenvalue weighted by Gasteiger charge is -2.18. The highest BCUT2D eigenvalue weighted by Gasteiger charge is 2.34. The highest BCUT2D eigenvalue weighted by Crippen LogP contribution is 2.34. The van der Waals surface area contributed by atoms with E-state index in [1.807, 2.05) is 0 Å². The number of anilines is 2. The molecule has 14 nitrogen and oxygen atoms in total. The van der Waals surface area contributed by atoms with Crippen LogP contribution in [-0.4, -0.2) is 64.7 Å². The Hall–Kier alpha value is -4.32. The van der Waals surface area contributed by atoms with E-state index in [-0.39, 0.29) is 51.2 Å². The van der Waals surface area contributed by atoms with Gasteiger partial charge in [0.25, 0.3) is 0 Å². The number of rotatable bonds is 7. The van der Waals surface area contributed by atoms with Gasteiger partial charge in [0.15, 0.2) is 0 Å². The van der Waals surface area contributed by atoms with Gasteiger partial charge in [-0.25, -0.2) is 19.3 Å². The van der Waals surface area contributed by atoms with Gasteiger partial charge in [-0.15, -0.1) is 13.2 Å². The summed E-state index contributed by atoms with van der Waals surface area (Å²) in [7, 11) is 0. The molecule has 5 heterocycles. The summed E-state index contributed by atoms with van der Waals surface area (Å²) in [6, 6.07) is 4.47. The summed E-state index contributed by atoms with van der Waals surface area (Å²) in [6.45, 7) is 3.03. The summed E-state index contributed by atoms with van der Waals surface area (Å²) < 4.78 is 43.0. The molecule has 5 aromatic rings. The van der Waals surface area contributed by atoms with E-state index in [0.717, 1.165) is 25.2 Å². The molecule has 0 bridgehead atoms. The van der Waals surface area contributed by atoms with E-state index in [1.54, 1.807) is 12.1 Å². The van der Waals surface area contributed by atoms with E-state index >= 15 is 0 Å². The maximum atomic E-state index is 13.3. The van der Waals surface area contributed by atoms with Gasteiger partial charge in [0, 0.05) is 23.9 Å². The molecule has 0 aliphatic heterocycles. The van der Waals surface area contributed by atoms with Crippen molar-refractivity contribution >= 4 is 33.7 Å². The first-order chi connectivity index (χ1) is 20.1. The molecule has 0 aromatic carbocycles. The number of hydrogen-bond acceptors (Lipinski definition) is 10. The Morgan fingerprint density at radius 3 is 2.37 bits per heavy atom. The molecule has 6 rings (SSSR count). The van der Waals surface area contributed by atoms with Crippen molar-refractivity contribution in [1.82, 2.24) is 38.7 Å². The number of halogens is 3. The molecule has 0 atom stereocenters. The molecule has 0 spiro atoms. The number of imidazole rings is 1. The Kier molecular flexibility index (Phi) is 6.60. The largest absolute Gasteiger partial charge is 0.504 e. The van der Waals surface area contributed by atoms with Gasteiger partial charge >= 0.3 is 18.1 Å². The minimum absolute atomic E-state index is 0.00443. The van der Waals surface area contributed by atoms with Crippen molar-refractivity contribution in [2.45, 2.75) is 70.1 Å². The lowest BCUT2D eigenvalue weighted by molar-refractivity contribution is -0.374. The fraction of sp³-hybridized carbons (Fsp3) is 0.423. The van der Waals surface area contributed by atoms with E-state index in [4.69, 9.17) is 0 Å². The average Bonchev–Trinajstić information content (AvgIpc) is 3.66. The van der Waals surface area contributed by atoms with Crippen molar-refractivity contribution in [3.05, 3.63) is 47.3 Å². The summed E-state index contributed by atoms with van der Waals surface area (Å²) >= 11 is 0. The van der Waals surface area contributed by atoms with Crippen molar-refractivity contribution in [1.29, 1.82) is 0 Å². The second kappa shape index (κ2) is 9.87. The zero-order valence-electron chi connectivity index (χ0n) is 23.0. The third kappa shape index (κ3) is 5.35. The summed E-state index contributed by atoms with van der Waals surface area (Å²) in [5.41, 5.74) is -0.894. The van der Waals surface area contributed by atoms with Crippen molar-refractivity contribution in [2.75, 3.05) is 5.32 Å². The van der Waals surface area contributed by atoms with Crippen LogP contribution in [0.15, 0.2) is 41.6 Å². The van der Waals surface area contributed by atoms with Crippen LogP contribution >= 0.6 is 0 Å². The molecular weight excluding hydrogens is 575 g/mol. The topological polar surface area (TPSA) is 181 Å². The number of nitrogens with one attached hydrogen (secondary N) is 1. The van der Waals surface area contributed by atoms with Gasteiger partial charge in [-0.05, 0) is 38.8 Å². The zero-order chi connectivity index (χ0) is 30.9. The summed E-state index contributed by atoms with van der Waals surface area (Å²) in [4.78, 5) is 22.0. The first-order valence-electron chi connectivity index (χ1n) is 13.4. The van der Waals surface area contributed by atoms with Crippen LogP contribution in [0.3, 0.4) is 0 Å². The predicted molar refractivity (Wildman–Crippen MR) is 146 cm³/mol. The van der Waals surface area contributed by atoms with Gasteiger partial charge in [0.2, 0.25) is 0 Å². The molecule has 0 radical (unpaired) electrons. The third-order valence-corrected chi connectivity index (χ3v) is 7.24. The molecule has 1 aliphatic rings. The van der Waals surface area contributed by atoms with Gasteiger partial charge in [0.1, 0.15) is 22.7 Å². The number of nitrogens with zero attached hydrogens (tertiary/aromatic N) is 8. The highest BCUT2D eigenvalue weighted by molar-refractivity contribution is 5.91. The van der Waals surface area contributed by atoms with Crippen LogP contribution in [-0.2, 0) is 18.9 Å². The van der Waals surface area contributed by atoms with E-state index in [0.29, 0.717) is 28.4 Å². The number of aliphatic hydroxyl groups is 4. The average molecular weight is 604 g/mol. The molecule has 0 unspecified atom stereocenters. The first-order valence-corrected chi connectivity index (χ1v) is 13.4. The number of aromatic nitrogens is 8. The molecule has 0 amide bonds. The number of alkyl halides is 3. The first kappa shape index (κ1) is 28.8. The van der Waals surface area contributed by atoms with Gasteiger partial charge in [0.05, 0.1) is 41.3 Å². The van der Waals surface area contributed by atoms with Gasteiger partial charge < -0.3 is 25.7 Å². The Morgan fingerprint density at radius 2 is 1.74 bits per heavy atom. The van der Waals surface area contributed by atoms with Crippen molar-refractivity contribution in [2.24, 2.45) is 0 Å². The Morgan fingerprint density at radius 1 is 1.02 bits per heavy atom. The molecule has 5 aromatic heterocycles. The van der Waals surface area contributed by atoms with Gasteiger partial charge in [-0.3, -0.25) is 9.25 Å². The molecule has 1 fully saturated rings. The van der Waals surface area contributed by atoms with Crippen LogP contribution in [0.4, 0.5) is 24.8 Å². The summed E-state index contributed by atoms with van der Waals surface area (Å²) in [6.07, 6.45) is -1.96. The molecule has 1 aliphatic carbocycles. The van der Waals surface area contributed by atoms with Crippen molar-refractivity contribution < 1.29 is 33.6 Å². The Bertz CT molecular complexity index is 1890. The maximum Gasteiger partial charge on any atom is 0.504 e. The quantitative estimate of drug-likeness (QED) is 0.173. The van der Waals surface area contributed by atoms with Crippen LogP contribution in [0.1, 0.15) is 45.6 Å². The van der Waals surface area contributed by atoms with Crippen LogP contribution in [0.5, 0.6) is 0 Å². The predicted octanol–water partition coefficient (Wildman–Crippen LogP) is 2.46. The molecule has 228 valence electrons. The normalized spacial score (nSPS) is 15.3. The van der Waals surface area contributed by atoms with E-state index in [1.165, 1.54) is 35.4 Å². The lowest BCUT2D eigenvalue weighted by atomic mass is 10.1. The molecule has 5 N–H and O–H groups in total. The van der Waals surface area contributed by atoms with Crippen molar-refractivity contribution in [3.8, 4) is 11.3 Å². The van der Waals surface area contributed by atoms with Gasteiger partial charge in [-0.1, -0.05) is 12.8 Å². The monoisotopic (exact) mass is 603 g/mol. The standard InChI is InChI=1S/C26H28F3N9O5/c1-24(2,40)13-35-22(14-10-31-36(12-14)25(27,28)29)21-16(34-35)7-8-19(33-21)32-20-9-17-18(11-30-20)38(26(41,42)43)23(39)37(17)15-5-3-4-6-15/h7-12,15,40-43H,3-6,13H2,1-2H3,(H,30,32,33). The molecular formula is C26H28F3N9O5. The van der Waals surface area contributed by atoms with E-state index in [2.05, 4.69) is 25.5 Å². The molecule has 17 heteroatoms. The van der Waals surface area contributed by atoms with Crippen LogP contribution in [0, 0.1) is 0 Å². The van der Waals surface area contributed by atoms with Crippen LogP contribution in [0.2, 0.25) is 0 Å². The molecule has 43 heavy (non-hydrogen) atoms. The second-order valence-corrected chi connectivity index (χ2v) is 11.2. The fourth-order valence-electron chi connectivity index (χ4n) is 5.55. The molecule has 0 saturated heterocycles. The highest BCUT2D eigenvalue weighted by atomic mass is 19.4.